The number of carbonyl (C=O) groups is 2. The largest absolute Gasteiger partial charge is 0.465 e. The van der Waals surface area contributed by atoms with Crippen molar-refractivity contribution in [3.8, 4) is 0 Å². The van der Waals surface area contributed by atoms with Gasteiger partial charge in [-0.1, -0.05) is 42.5 Å². The number of Topliss-reactive ketones (excluding diaryl/α,β-unsaturated/α-hetero) is 1. The Morgan fingerprint density at radius 2 is 1.82 bits per heavy atom. The molecule has 1 rings (SSSR count). The number of methoxy groups -OCH3 is 1. The molecule has 0 fully saturated rings. The topological polar surface area (TPSA) is 43.4 Å². The van der Waals surface area contributed by atoms with Crippen molar-refractivity contribution in [1.29, 1.82) is 0 Å². The van der Waals surface area contributed by atoms with Gasteiger partial charge in [0.1, 0.15) is 5.57 Å². The normalized spacial score (nSPS) is 11.5. The van der Waals surface area contributed by atoms with E-state index in [1.54, 1.807) is 6.08 Å². The first-order valence-electron chi connectivity index (χ1n) is 5.18. The Bertz CT molecular complexity index is 456. The van der Waals surface area contributed by atoms with E-state index in [0.29, 0.717) is 0 Å². The number of allylic oxidation sites excluding steroid dienone is 2. The molecule has 0 radical (unpaired) electrons. The van der Waals surface area contributed by atoms with Crippen LogP contribution in [0.1, 0.15) is 12.5 Å². The van der Waals surface area contributed by atoms with Crippen molar-refractivity contribution in [2.45, 2.75) is 6.92 Å². The molecular weight excluding hydrogens is 216 g/mol. The zero-order valence-electron chi connectivity index (χ0n) is 9.84. The minimum Gasteiger partial charge on any atom is -0.465 e. The Morgan fingerprint density at radius 1 is 1.18 bits per heavy atom. The fourth-order valence-corrected chi connectivity index (χ4v) is 1.26. The highest BCUT2D eigenvalue weighted by molar-refractivity contribution is 6.16. The minimum absolute atomic E-state index is 0.0414. The number of rotatable bonds is 4. The molecule has 0 aromatic heterocycles. The fourth-order valence-electron chi connectivity index (χ4n) is 1.26. The van der Waals surface area contributed by atoms with Crippen LogP contribution in [-0.4, -0.2) is 18.9 Å². The van der Waals surface area contributed by atoms with Gasteiger partial charge in [0.2, 0.25) is 0 Å². The number of ketones is 1. The van der Waals surface area contributed by atoms with Crippen molar-refractivity contribution in [3.05, 3.63) is 53.6 Å². The Balaban J connectivity index is 2.84. The molecule has 0 amide bonds. The van der Waals surface area contributed by atoms with Crippen LogP contribution in [0.3, 0.4) is 0 Å². The highest BCUT2D eigenvalue weighted by Crippen LogP contribution is 2.04. The van der Waals surface area contributed by atoms with E-state index in [4.69, 9.17) is 0 Å². The van der Waals surface area contributed by atoms with Gasteiger partial charge in [-0.25, -0.2) is 4.79 Å². The first-order chi connectivity index (χ1) is 8.15. The molecule has 0 aliphatic heterocycles. The highest BCUT2D eigenvalue weighted by atomic mass is 16.5. The second-order valence-electron chi connectivity index (χ2n) is 3.40. The molecule has 0 unspecified atom stereocenters. The van der Waals surface area contributed by atoms with Crippen LogP contribution in [0.15, 0.2) is 48.1 Å². The molecule has 1 aromatic rings. The molecule has 1 aromatic carbocycles. The minimum atomic E-state index is -0.616. The number of esters is 1. The Hall–Kier alpha value is -2.16. The molecule has 0 bridgehead atoms. The van der Waals surface area contributed by atoms with E-state index in [2.05, 4.69) is 4.74 Å². The molecule has 0 aliphatic rings. The summed E-state index contributed by atoms with van der Waals surface area (Å²) < 4.78 is 4.51. The number of carbonyl (C=O) groups excluding carboxylic acids is 2. The summed E-state index contributed by atoms with van der Waals surface area (Å²) in [4.78, 5) is 22.4. The number of hydrogen-bond donors (Lipinski definition) is 0. The first kappa shape index (κ1) is 12.9. The molecule has 0 aliphatic carbocycles. The van der Waals surface area contributed by atoms with Crippen LogP contribution in [0, 0.1) is 0 Å². The molecule has 0 saturated heterocycles. The number of hydrogen-bond acceptors (Lipinski definition) is 3. The quantitative estimate of drug-likeness (QED) is 0.262. The maximum Gasteiger partial charge on any atom is 0.341 e. The third kappa shape index (κ3) is 4.07. The van der Waals surface area contributed by atoms with Crippen molar-refractivity contribution in [3.63, 3.8) is 0 Å². The van der Waals surface area contributed by atoms with Gasteiger partial charge in [-0.15, -0.1) is 0 Å². The van der Waals surface area contributed by atoms with Crippen LogP contribution < -0.4 is 0 Å². The van der Waals surface area contributed by atoms with E-state index in [1.807, 2.05) is 36.4 Å². The monoisotopic (exact) mass is 230 g/mol. The van der Waals surface area contributed by atoms with E-state index in [-0.39, 0.29) is 11.4 Å². The summed E-state index contributed by atoms with van der Waals surface area (Å²) in [6, 6.07) is 9.60. The molecule has 88 valence electrons. The van der Waals surface area contributed by atoms with Gasteiger partial charge in [0.15, 0.2) is 5.78 Å². The molecule has 17 heavy (non-hydrogen) atoms. The van der Waals surface area contributed by atoms with E-state index < -0.39 is 5.97 Å². The van der Waals surface area contributed by atoms with Gasteiger partial charge in [-0.05, 0) is 18.6 Å². The van der Waals surface area contributed by atoms with E-state index >= 15 is 0 Å². The molecular formula is C14H14O3. The molecule has 0 heterocycles. The molecule has 3 nitrogen and oxygen atoms in total. The van der Waals surface area contributed by atoms with Gasteiger partial charge in [-0.3, -0.25) is 4.79 Å². The second-order valence-corrected chi connectivity index (χ2v) is 3.40. The predicted molar refractivity (Wildman–Crippen MR) is 66.3 cm³/mol. The van der Waals surface area contributed by atoms with Crippen LogP contribution in [0.4, 0.5) is 0 Å². The molecule has 0 spiro atoms. The Labute approximate surface area is 100 Å². The smallest absolute Gasteiger partial charge is 0.341 e. The number of benzene rings is 1. The fraction of sp³-hybridized carbons (Fsp3) is 0.143. The summed E-state index contributed by atoms with van der Waals surface area (Å²) >= 11 is 0. The number of ether oxygens (including phenoxy) is 1. The van der Waals surface area contributed by atoms with Crippen LogP contribution in [0.25, 0.3) is 6.08 Å². The maximum absolute atomic E-state index is 11.3. The lowest BCUT2D eigenvalue weighted by Gasteiger charge is -1.98. The van der Waals surface area contributed by atoms with Crippen molar-refractivity contribution < 1.29 is 14.3 Å². The van der Waals surface area contributed by atoms with Gasteiger partial charge in [0.25, 0.3) is 0 Å². The van der Waals surface area contributed by atoms with Gasteiger partial charge < -0.3 is 4.74 Å². The standard InChI is InChI=1S/C14H14O3/c1-11(15)13(14(16)17-2)10-6-9-12-7-4-3-5-8-12/h3-10H,1-2H3. The maximum atomic E-state index is 11.3. The van der Waals surface area contributed by atoms with Gasteiger partial charge in [-0.2, -0.15) is 0 Å². The van der Waals surface area contributed by atoms with Crippen molar-refractivity contribution >= 4 is 17.8 Å². The van der Waals surface area contributed by atoms with E-state index in [1.165, 1.54) is 20.1 Å². The third-order valence-corrected chi connectivity index (χ3v) is 2.14. The lowest BCUT2D eigenvalue weighted by molar-refractivity contribution is -0.137. The predicted octanol–water partition coefficient (Wildman–Crippen LogP) is 2.39. The zero-order chi connectivity index (χ0) is 12.7. The van der Waals surface area contributed by atoms with Gasteiger partial charge in [0, 0.05) is 0 Å². The molecule has 0 N–H and O–H groups in total. The molecule has 0 saturated carbocycles. The Kier molecular flexibility index (Phi) is 4.88. The van der Waals surface area contributed by atoms with Gasteiger partial charge >= 0.3 is 5.97 Å². The van der Waals surface area contributed by atoms with E-state index in [9.17, 15) is 9.59 Å². The first-order valence-corrected chi connectivity index (χ1v) is 5.18. The molecule has 3 heteroatoms. The van der Waals surface area contributed by atoms with Crippen LogP contribution in [0.5, 0.6) is 0 Å². The summed E-state index contributed by atoms with van der Waals surface area (Å²) in [7, 11) is 1.25. The zero-order valence-corrected chi connectivity index (χ0v) is 9.84. The summed E-state index contributed by atoms with van der Waals surface area (Å²) in [6.07, 6.45) is 4.93. The Morgan fingerprint density at radius 3 is 2.35 bits per heavy atom. The van der Waals surface area contributed by atoms with Crippen molar-refractivity contribution in [2.24, 2.45) is 0 Å². The summed E-state index contributed by atoms with van der Waals surface area (Å²) in [6.45, 7) is 1.33. The summed E-state index contributed by atoms with van der Waals surface area (Å²) in [5.41, 5.74) is 1.04. The third-order valence-electron chi connectivity index (χ3n) is 2.14. The molecule has 0 atom stereocenters. The lowest BCUT2D eigenvalue weighted by Crippen LogP contribution is -2.11. The van der Waals surface area contributed by atoms with E-state index in [0.717, 1.165) is 5.56 Å². The average molecular weight is 230 g/mol. The van der Waals surface area contributed by atoms with Crippen LogP contribution in [-0.2, 0) is 14.3 Å². The second kappa shape index (κ2) is 6.43. The van der Waals surface area contributed by atoms with Crippen LogP contribution in [0.2, 0.25) is 0 Å². The summed E-state index contributed by atoms with van der Waals surface area (Å²) in [5.74, 6) is -0.926. The average Bonchev–Trinajstić information content (AvgIpc) is 2.34. The van der Waals surface area contributed by atoms with Crippen LogP contribution >= 0.6 is 0 Å². The highest BCUT2D eigenvalue weighted by Gasteiger charge is 2.12. The SMILES string of the molecule is COC(=O)C(=CC=Cc1ccccc1)C(C)=O. The van der Waals surface area contributed by atoms with Crippen molar-refractivity contribution in [1.82, 2.24) is 0 Å². The van der Waals surface area contributed by atoms with Gasteiger partial charge in [0.05, 0.1) is 7.11 Å². The van der Waals surface area contributed by atoms with Crippen molar-refractivity contribution in [2.75, 3.05) is 7.11 Å². The summed E-state index contributed by atoms with van der Waals surface area (Å²) in [5, 5.41) is 0. The lowest BCUT2D eigenvalue weighted by atomic mass is 10.1.